The Kier molecular flexibility index (Phi) is 5.60. The van der Waals surface area contributed by atoms with Crippen LogP contribution in [0.5, 0.6) is 0 Å². The molecule has 1 aromatic carbocycles. The van der Waals surface area contributed by atoms with Gasteiger partial charge in [0.2, 0.25) is 11.8 Å². The summed E-state index contributed by atoms with van der Waals surface area (Å²) in [5, 5.41) is 17.7. The maximum Gasteiger partial charge on any atom is 0.274 e. The fraction of sp³-hybridized carbons (Fsp3) is 0.389. The standard InChI is InChI=1S/C18H21N5O4/c1-12-14(4-3-5-15(12)23(25)26)19-16(24)6-7-17-20-18(21-27-17)13-8-10-22(2)11-9-13/h3-5,8H,6-7,9-11H2,1-2H3,(H,19,24). The minimum atomic E-state index is -0.470. The van der Waals surface area contributed by atoms with Crippen molar-refractivity contribution in [1.29, 1.82) is 0 Å². The number of carbonyl (C=O) groups is 1. The lowest BCUT2D eigenvalue weighted by Gasteiger charge is -2.19. The van der Waals surface area contributed by atoms with Crippen molar-refractivity contribution in [2.45, 2.75) is 26.2 Å². The molecule has 0 saturated carbocycles. The third-order valence-corrected chi connectivity index (χ3v) is 4.51. The van der Waals surface area contributed by atoms with Crippen LogP contribution in [0.1, 0.15) is 30.1 Å². The number of nitro benzene ring substituents is 1. The average Bonchev–Trinajstić information content (AvgIpc) is 3.11. The molecule has 3 rings (SSSR count). The van der Waals surface area contributed by atoms with Crippen LogP contribution in [-0.2, 0) is 11.2 Å². The first kappa shape index (κ1) is 18.7. The van der Waals surface area contributed by atoms with Gasteiger partial charge in [-0.15, -0.1) is 0 Å². The van der Waals surface area contributed by atoms with Crippen molar-refractivity contribution in [2.75, 3.05) is 25.5 Å². The molecular formula is C18H21N5O4. The second kappa shape index (κ2) is 8.09. The molecule has 2 heterocycles. The van der Waals surface area contributed by atoms with E-state index in [1.807, 2.05) is 0 Å². The molecule has 0 radical (unpaired) electrons. The molecule has 1 aliphatic heterocycles. The Morgan fingerprint density at radius 1 is 1.44 bits per heavy atom. The zero-order valence-electron chi connectivity index (χ0n) is 15.3. The summed E-state index contributed by atoms with van der Waals surface area (Å²) in [5.74, 6) is 0.709. The number of aromatic nitrogens is 2. The Labute approximate surface area is 156 Å². The highest BCUT2D eigenvalue weighted by Crippen LogP contribution is 2.25. The second-order valence-electron chi connectivity index (χ2n) is 6.51. The van der Waals surface area contributed by atoms with Gasteiger partial charge < -0.3 is 14.7 Å². The summed E-state index contributed by atoms with van der Waals surface area (Å²) < 4.78 is 5.23. The highest BCUT2D eigenvalue weighted by Gasteiger charge is 2.17. The van der Waals surface area contributed by atoms with Gasteiger partial charge in [-0.2, -0.15) is 4.98 Å². The topological polar surface area (TPSA) is 114 Å². The first-order valence-electron chi connectivity index (χ1n) is 8.68. The van der Waals surface area contributed by atoms with E-state index in [9.17, 15) is 14.9 Å². The molecule has 0 bridgehead atoms. The highest BCUT2D eigenvalue weighted by atomic mass is 16.6. The number of nitrogens with one attached hydrogen (secondary N) is 1. The average molecular weight is 371 g/mol. The molecular weight excluding hydrogens is 350 g/mol. The van der Waals surface area contributed by atoms with Crippen LogP contribution >= 0.6 is 0 Å². The molecule has 27 heavy (non-hydrogen) atoms. The summed E-state index contributed by atoms with van der Waals surface area (Å²) in [7, 11) is 2.05. The van der Waals surface area contributed by atoms with Crippen LogP contribution in [0.2, 0.25) is 0 Å². The molecule has 142 valence electrons. The number of benzene rings is 1. The molecule has 9 nitrogen and oxygen atoms in total. The van der Waals surface area contributed by atoms with Crippen molar-refractivity contribution >= 4 is 22.9 Å². The van der Waals surface area contributed by atoms with Crippen molar-refractivity contribution in [3.05, 3.63) is 51.7 Å². The summed E-state index contributed by atoms with van der Waals surface area (Å²) in [4.78, 5) is 29.2. The quantitative estimate of drug-likeness (QED) is 0.613. The molecule has 1 amide bonds. The number of nitro groups is 1. The zero-order valence-corrected chi connectivity index (χ0v) is 15.3. The van der Waals surface area contributed by atoms with E-state index >= 15 is 0 Å². The Morgan fingerprint density at radius 3 is 2.96 bits per heavy atom. The number of amides is 1. The van der Waals surface area contributed by atoms with Gasteiger partial charge in [-0.1, -0.05) is 17.3 Å². The van der Waals surface area contributed by atoms with E-state index < -0.39 is 4.92 Å². The van der Waals surface area contributed by atoms with Crippen molar-refractivity contribution in [3.8, 4) is 0 Å². The van der Waals surface area contributed by atoms with Crippen molar-refractivity contribution in [3.63, 3.8) is 0 Å². The van der Waals surface area contributed by atoms with Crippen molar-refractivity contribution in [1.82, 2.24) is 15.0 Å². The van der Waals surface area contributed by atoms with Crippen LogP contribution in [0.25, 0.3) is 5.57 Å². The van der Waals surface area contributed by atoms with Crippen LogP contribution in [0.4, 0.5) is 11.4 Å². The number of nitrogens with zero attached hydrogens (tertiary/aromatic N) is 4. The van der Waals surface area contributed by atoms with Gasteiger partial charge in [0.1, 0.15) is 0 Å². The van der Waals surface area contributed by atoms with Crippen molar-refractivity contribution in [2.24, 2.45) is 0 Å². The van der Waals surface area contributed by atoms with Gasteiger partial charge in [-0.05, 0) is 32.0 Å². The maximum absolute atomic E-state index is 12.2. The first-order chi connectivity index (χ1) is 12.9. The van der Waals surface area contributed by atoms with Crippen LogP contribution in [-0.4, -0.2) is 46.0 Å². The van der Waals surface area contributed by atoms with Gasteiger partial charge in [-0.3, -0.25) is 14.9 Å². The van der Waals surface area contributed by atoms with E-state index in [-0.39, 0.29) is 18.0 Å². The van der Waals surface area contributed by atoms with Gasteiger partial charge in [0.15, 0.2) is 5.82 Å². The number of rotatable bonds is 6. The molecule has 0 fully saturated rings. The lowest BCUT2D eigenvalue weighted by molar-refractivity contribution is -0.385. The van der Waals surface area contributed by atoms with Gasteiger partial charge in [0.05, 0.1) is 16.2 Å². The van der Waals surface area contributed by atoms with Crippen LogP contribution in [0.15, 0.2) is 28.8 Å². The number of anilines is 1. The number of aryl methyl sites for hydroxylation is 1. The third-order valence-electron chi connectivity index (χ3n) is 4.51. The van der Waals surface area contributed by atoms with E-state index in [1.165, 1.54) is 6.07 Å². The lowest BCUT2D eigenvalue weighted by atomic mass is 10.1. The minimum Gasteiger partial charge on any atom is -0.339 e. The van der Waals surface area contributed by atoms with Crippen LogP contribution < -0.4 is 5.32 Å². The second-order valence-corrected chi connectivity index (χ2v) is 6.51. The Morgan fingerprint density at radius 2 is 2.26 bits per heavy atom. The fourth-order valence-electron chi connectivity index (χ4n) is 2.85. The summed E-state index contributed by atoms with van der Waals surface area (Å²) in [6.07, 6.45) is 3.39. The van der Waals surface area contributed by atoms with E-state index in [0.717, 1.165) is 25.1 Å². The number of carbonyl (C=O) groups excluding carboxylic acids is 1. The highest BCUT2D eigenvalue weighted by molar-refractivity contribution is 5.92. The Balaban J connectivity index is 1.57. The monoisotopic (exact) mass is 371 g/mol. The smallest absolute Gasteiger partial charge is 0.274 e. The molecule has 9 heteroatoms. The van der Waals surface area contributed by atoms with Crippen molar-refractivity contribution < 1.29 is 14.2 Å². The summed E-state index contributed by atoms with van der Waals surface area (Å²) in [6, 6.07) is 4.58. The summed E-state index contributed by atoms with van der Waals surface area (Å²) in [5.41, 5.74) is 1.88. The van der Waals surface area contributed by atoms with Gasteiger partial charge >= 0.3 is 0 Å². The van der Waals surface area contributed by atoms with E-state index in [2.05, 4.69) is 33.5 Å². The number of hydrogen-bond donors (Lipinski definition) is 1. The SMILES string of the molecule is Cc1c(NC(=O)CCc2nc(C3=CCN(C)CC3)no2)cccc1[N+](=O)[O-]. The predicted molar refractivity (Wildman–Crippen MR) is 99.2 cm³/mol. The largest absolute Gasteiger partial charge is 0.339 e. The van der Waals surface area contributed by atoms with Crippen LogP contribution in [0, 0.1) is 17.0 Å². The predicted octanol–water partition coefficient (Wildman–Crippen LogP) is 2.58. The molecule has 0 unspecified atom stereocenters. The zero-order chi connectivity index (χ0) is 19.4. The van der Waals surface area contributed by atoms with Crippen LogP contribution in [0.3, 0.4) is 0 Å². The van der Waals surface area contributed by atoms with Gasteiger partial charge in [-0.25, -0.2) is 0 Å². The van der Waals surface area contributed by atoms with E-state index in [0.29, 0.717) is 29.4 Å². The minimum absolute atomic E-state index is 0.0271. The summed E-state index contributed by atoms with van der Waals surface area (Å²) in [6.45, 7) is 3.40. The lowest BCUT2D eigenvalue weighted by Crippen LogP contribution is -2.23. The molecule has 1 aliphatic rings. The Hall–Kier alpha value is -3.07. The number of likely N-dealkylation sites (N-methyl/N-ethyl adjacent to an activating group) is 1. The molecule has 0 saturated heterocycles. The molecule has 0 spiro atoms. The number of hydrogen-bond acceptors (Lipinski definition) is 7. The molecule has 0 atom stereocenters. The normalized spacial score (nSPS) is 14.7. The van der Waals surface area contributed by atoms with Gasteiger partial charge in [0, 0.05) is 32.0 Å². The molecule has 2 aromatic rings. The molecule has 1 N–H and O–H groups in total. The Bertz CT molecular complexity index is 890. The van der Waals surface area contributed by atoms with E-state index in [1.54, 1.807) is 19.1 Å². The molecule has 0 aliphatic carbocycles. The maximum atomic E-state index is 12.2. The fourth-order valence-corrected chi connectivity index (χ4v) is 2.85. The third kappa shape index (κ3) is 4.56. The molecule has 1 aromatic heterocycles. The van der Waals surface area contributed by atoms with Gasteiger partial charge in [0.25, 0.3) is 5.69 Å². The van der Waals surface area contributed by atoms with E-state index in [4.69, 9.17) is 4.52 Å². The summed E-state index contributed by atoms with van der Waals surface area (Å²) >= 11 is 0. The first-order valence-corrected chi connectivity index (χ1v) is 8.68.